The molecule has 1 unspecified atom stereocenters. The quantitative estimate of drug-likeness (QED) is 0.254. The Balaban J connectivity index is 1.66. The van der Waals surface area contributed by atoms with Gasteiger partial charge in [-0.3, -0.25) is 29.0 Å². The number of carbonyl (C=O) groups excluding carboxylic acids is 5. The minimum absolute atomic E-state index is 0.0118. The molecule has 0 spiro atoms. The van der Waals surface area contributed by atoms with Gasteiger partial charge in [0.25, 0.3) is 11.7 Å². The molecule has 5 bridgehead atoms. The number of aliphatic hydroxyl groups is 2. The number of ether oxygens (including phenoxy) is 4. The lowest BCUT2D eigenvalue weighted by Crippen LogP contribution is -2.46. The number of nitrogens with one attached hydrogen (secondary N) is 1. The molecule has 0 radical (unpaired) electrons. The predicted octanol–water partition coefficient (Wildman–Crippen LogP) is 3.23. The lowest BCUT2D eigenvalue weighted by Gasteiger charge is -2.38. The number of aromatic hydroxyl groups is 1. The predicted molar refractivity (Wildman–Crippen MR) is 216 cm³/mol. The third-order valence-electron chi connectivity index (χ3n) is 11.8. The van der Waals surface area contributed by atoms with Crippen LogP contribution in [0.15, 0.2) is 52.5 Å². The van der Waals surface area contributed by atoms with Crippen LogP contribution in [0.25, 0.3) is 0 Å². The summed E-state index contributed by atoms with van der Waals surface area (Å²) in [6.45, 7) is 14.8. The van der Waals surface area contributed by atoms with Crippen LogP contribution in [0, 0.1) is 30.6 Å². The number of carbonyl (C=O) groups is 5. The van der Waals surface area contributed by atoms with Gasteiger partial charge in [0.05, 0.1) is 53.1 Å². The van der Waals surface area contributed by atoms with Crippen LogP contribution in [-0.2, 0) is 23.8 Å². The van der Waals surface area contributed by atoms with Crippen LogP contribution in [0.3, 0.4) is 0 Å². The zero-order valence-electron chi connectivity index (χ0n) is 35.3. The van der Waals surface area contributed by atoms with E-state index in [1.807, 2.05) is 7.05 Å². The number of esters is 1. The topological polar surface area (TPSA) is 214 Å². The van der Waals surface area contributed by atoms with E-state index in [0.717, 1.165) is 0 Å². The molecule has 5 aliphatic rings. The fourth-order valence-corrected chi connectivity index (χ4v) is 7.89. The molecular formula is C43H56N4O12. The second kappa shape index (κ2) is 18.0. The summed E-state index contributed by atoms with van der Waals surface area (Å²) in [6.07, 6.45) is 4.56. The van der Waals surface area contributed by atoms with Gasteiger partial charge >= 0.3 is 11.8 Å². The number of aliphatic hydroxyl groups excluding tert-OH is 2. The molecule has 6 rings (SSSR count). The van der Waals surface area contributed by atoms with Gasteiger partial charge in [0, 0.05) is 81.9 Å². The van der Waals surface area contributed by atoms with Crippen molar-refractivity contribution < 1.29 is 58.2 Å². The van der Waals surface area contributed by atoms with Crippen LogP contribution >= 0.6 is 0 Å². The van der Waals surface area contributed by atoms with E-state index in [1.54, 1.807) is 44.9 Å². The van der Waals surface area contributed by atoms with Gasteiger partial charge < -0.3 is 44.5 Å². The molecule has 1 saturated heterocycles. The van der Waals surface area contributed by atoms with E-state index < -0.39 is 106 Å². The third-order valence-corrected chi connectivity index (χ3v) is 11.8. The van der Waals surface area contributed by atoms with Crippen molar-refractivity contribution in [2.24, 2.45) is 28.8 Å². The Morgan fingerprint density at radius 3 is 2.24 bits per heavy atom. The maximum absolute atomic E-state index is 14.6. The van der Waals surface area contributed by atoms with Gasteiger partial charge in [-0.05, 0) is 27.0 Å². The first-order valence-corrected chi connectivity index (χ1v) is 19.7. The van der Waals surface area contributed by atoms with Gasteiger partial charge in [0.15, 0.2) is 5.78 Å². The number of rotatable bonds is 4. The molecule has 59 heavy (non-hydrogen) atoms. The first kappa shape index (κ1) is 44.9. The van der Waals surface area contributed by atoms with Crippen LogP contribution in [-0.4, -0.2) is 131 Å². The van der Waals surface area contributed by atoms with Gasteiger partial charge in [0.1, 0.15) is 23.3 Å². The lowest BCUT2D eigenvalue weighted by atomic mass is 9.78. The summed E-state index contributed by atoms with van der Waals surface area (Å²) in [6, 6.07) is 0. The molecular weight excluding hydrogens is 764 g/mol. The summed E-state index contributed by atoms with van der Waals surface area (Å²) < 4.78 is 23.5. The van der Waals surface area contributed by atoms with E-state index in [2.05, 4.69) is 15.3 Å². The molecule has 4 N–H and O–H groups in total. The number of piperazine rings is 1. The average molecular weight is 821 g/mol. The monoisotopic (exact) mass is 820 g/mol. The number of likely N-dealkylation sites (N-methyl/N-ethyl adjacent to an activating group) is 1. The number of Topliss-reactive ketones (excluding diaryl/α,β-unsaturated/α-hetero) is 3. The Labute approximate surface area is 344 Å². The molecule has 1 amide bonds. The fourth-order valence-electron chi connectivity index (χ4n) is 7.89. The number of ketones is 3. The number of hydrogen-bond acceptors (Lipinski definition) is 15. The molecule has 4 heterocycles. The van der Waals surface area contributed by atoms with E-state index in [1.165, 1.54) is 59.4 Å². The lowest BCUT2D eigenvalue weighted by molar-refractivity contribution is -0.160. The number of allylic oxidation sites excluding steroid dienone is 4. The number of hydrazone groups is 1. The Morgan fingerprint density at radius 2 is 1.61 bits per heavy atom. The molecule has 0 aromatic heterocycles. The summed E-state index contributed by atoms with van der Waals surface area (Å²) in [5, 5.41) is 43.1. The average Bonchev–Trinajstić information content (AvgIpc) is 3.46. The Kier molecular flexibility index (Phi) is 13.7. The minimum atomic E-state index is -2.09. The van der Waals surface area contributed by atoms with Crippen LogP contribution in [0.4, 0.5) is 0 Å². The smallest absolute Gasteiger partial charge is 0.312 e. The normalized spacial score (nSPS) is 33.3. The highest BCUT2D eigenvalue weighted by Gasteiger charge is 2.52. The highest BCUT2D eigenvalue weighted by molar-refractivity contribution is 6.37. The van der Waals surface area contributed by atoms with Crippen molar-refractivity contribution in [3.05, 3.63) is 69.7 Å². The molecule has 1 aliphatic carbocycles. The highest BCUT2D eigenvalue weighted by atomic mass is 16.7. The van der Waals surface area contributed by atoms with Crippen molar-refractivity contribution in [1.82, 2.24) is 15.2 Å². The van der Waals surface area contributed by atoms with Crippen molar-refractivity contribution in [3.8, 4) is 11.5 Å². The summed E-state index contributed by atoms with van der Waals surface area (Å²) in [5.74, 6) is -9.34. The van der Waals surface area contributed by atoms with Crippen molar-refractivity contribution >= 4 is 35.4 Å². The first-order chi connectivity index (χ1) is 27.7. The Bertz CT molecular complexity index is 2030. The van der Waals surface area contributed by atoms with Gasteiger partial charge in [-0.15, -0.1) is 0 Å². The number of phenols is 1. The van der Waals surface area contributed by atoms with Crippen molar-refractivity contribution in [2.45, 2.75) is 85.6 Å². The van der Waals surface area contributed by atoms with Crippen LogP contribution in [0.2, 0.25) is 0 Å². The van der Waals surface area contributed by atoms with E-state index >= 15 is 0 Å². The van der Waals surface area contributed by atoms with Crippen LogP contribution in [0.1, 0.15) is 85.1 Å². The summed E-state index contributed by atoms with van der Waals surface area (Å²) >= 11 is 0. The summed E-state index contributed by atoms with van der Waals surface area (Å²) in [4.78, 5) is 71.6. The molecule has 1 aromatic rings. The number of fused-ring (bicyclic) bond motifs is 14. The maximum atomic E-state index is 14.6. The SMILES string of the molecule is CO[C@H]1/C=C/O[C@@]2(C)Oc3c(C)c(O)c4c(c3C2=O)C(=O)C(/C=N/N2CCN(C)CC2)=C(NC(=O)/C(C)=C\C=C\[C@H](C)[C@H](O)[C@@H](C)[C@@H](O)[C@@H](C)C(OC(C)=O)[C@@H]1C)C4=O. The van der Waals surface area contributed by atoms with Crippen LogP contribution < -0.4 is 10.1 Å². The zero-order valence-corrected chi connectivity index (χ0v) is 35.3. The number of phenolic OH excluding ortho intramolecular Hbond substituents is 1. The van der Waals surface area contributed by atoms with Crippen molar-refractivity contribution in [1.29, 1.82) is 0 Å². The zero-order chi connectivity index (χ0) is 43.7. The van der Waals surface area contributed by atoms with Crippen molar-refractivity contribution in [3.63, 3.8) is 0 Å². The molecule has 1 aromatic carbocycles. The first-order valence-electron chi connectivity index (χ1n) is 19.7. The largest absolute Gasteiger partial charge is 0.507 e. The number of methoxy groups -OCH3 is 1. The van der Waals surface area contributed by atoms with E-state index in [4.69, 9.17) is 18.9 Å². The van der Waals surface area contributed by atoms with Gasteiger partial charge in [-0.25, -0.2) is 0 Å². The minimum Gasteiger partial charge on any atom is -0.507 e. The Hall–Kier alpha value is -5.16. The molecule has 0 saturated carbocycles. The standard InChI is InChI=1S/C43H56N4O12/c1-21-12-11-13-22(2)42(55)45-33-28(20-44-47-17-15-46(9)16-18-47)37(52)30-31(38(33)53)36(51)26(6)40-32(30)41(54)43(8,59-40)57-19-14-29(56-10)23(3)39(58-27(7)48)25(5)35(50)24(4)34(21)49/h11-14,19-21,23-25,29,34-35,39,49-51H,15-18H2,1-10H3,(H,45,55)/b12-11+,19-14+,22-13-,44-20+/t21-,23+,24+,25+,29-,34-,35+,39?,43-/m0/s1. The van der Waals surface area contributed by atoms with Gasteiger partial charge in [0.2, 0.25) is 5.78 Å². The van der Waals surface area contributed by atoms with Gasteiger partial charge in [-0.2, -0.15) is 5.10 Å². The van der Waals surface area contributed by atoms with E-state index in [0.29, 0.717) is 26.2 Å². The summed E-state index contributed by atoms with van der Waals surface area (Å²) in [7, 11) is 3.39. The number of benzene rings is 1. The maximum Gasteiger partial charge on any atom is 0.312 e. The van der Waals surface area contributed by atoms with E-state index in [9.17, 15) is 39.3 Å². The van der Waals surface area contributed by atoms with Crippen LogP contribution in [0.5, 0.6) is 11.5 Å². The van der Waals surface area contributed by atoms with Gasteiger partial charge in [-0.1, -0.05) is 45.9 Å². The number of hydrogen-bond donors (Lipinski definition) is 4. The number of nitrogens with zero attached hydrogens (tertiary/aromatic N) is 3. The molecule has 1 fully saturated rings. The Morgan fingerprint density at radius 1 is 0.949 bits per heavy atom. The number of amides is 1. The fraction of sp³-hybridized carbons (Fsp3) is 0.535. The van der Waals surface area contributed by atoms with Crippen molar-refractivity contribution in [2.75, 3.05) is 40.3 Å². The molecule has 16 nitrogen and oxygen atoms in total. The molecule has 4 aliphatic heterocycles. The highest BCUT2D eigenvalue weighted by Crippen LogP contribution is 2.48. The van der Waals surface area contributed by atoms with E-state index in [-0.39, 0.29) is 28.0 Å². The summed E-state index contributed by atoms with van der Waals surface area (Å²) in [5.41, 5.74) is -1.82. The molecule has 9 atom stereocenters. The molecule has 320 valence electrons. The second-order valence-electron chi connectivity index (χ2n) is 16.1. The second-order valence-corrected chi connectivity index (χ2v) is 16.1. The molecule has 16 heteroatoms. The third kappa shape index (κ3) is 8.91.